The van der Waals surface area contributed by atoms with Crippen molar-refractivity contribution in [3.05, 3.63) is 33.8 Å². The molecule has 0 aliphatic carbocycles. The predicted molar refractivity (Wildman–Crippen MR) is 83.6 cm³/mol. The van der Waals surface area contributed by atoms with Crippen LogP contribution in [-0.4, -0.2) is 25.8 Å². The summed E-state index contributed by atoms with van der Waals surface area (Å²) in [6.45, 7) is 5.40. The second kappa shape index (κ2) is 6.22. The van der Waals surface area contributed by atoms with E-state index < -0.39 is 10.0 Å². The van der Waals surface area contributed by atoms with Gasteiger partial charge in [0, 0.05) is 13.1 Å². The molecule has 2 rings (SSSR count). The topological polar surface area (TPSA) is 37.4 Å². The van der Waals surface area contributed by atoms with E-state index in [1.807, 2.05) is 0 Å². The Morgan fingerprint density at radius 1 is 1.15 bits per heavy atom. The number of nitrogens with zero attached hydrogens (tertiary/aromatic N) is 1. The molecular weight excluding hydrogens is 317 g/mol. The zero-order valence-corrected chi connectivity index (χ0v) is 14.0. The van der Waals surface area contributed by atoms with E-state index in [0.29, 0.717) is 40.5 Å². The monoisotopic (exact) mass is 335 g/mol. The number of piperidine rings is 1. The van der Waals surface area contributed by atoms with E-state index in [-0.39, 0.29) is 5.75 Å². The Bertz CT molecular complexity index is 579. The van der Waals surface area contributed by atoms with Crippen molar-refractivity contribution >= 4 is 33.2 Å². The Morgan fingerprint density at radius 3 is 2.30 bits per heavy atom. The van der Waals surface area contributed by atoms with Crippen LogP contribution in [-0.2, 0) is 15.8 Å². The third kappa shape index (κ3) is 3.88. The van der Waals surface area contributed by atoms with Crippen molar-refractivity contribution < 1.29 is 8.42 Å². The van der Waals surface area contributed by atoms with Gasteiger partial charge >= 0.3 is 0 Å². The molecule has 0 amide bonds. The van der Waals surface area contributed by atoms with Crippen LogP contribution < -0.4 is 0 Å². The molecule has 1 saturated heterocycles. The van der Waals surface area contributed by atoms with Crippen LogP contribution in [0.3, 0.4) is 0 Å². The number of benzene rings is 1. The summed E-state index contributed by atoms with van der Waals surface area (Å²) >= 11 is 11.8. The second-order valence-corrected chi connectivity index (χ2v) is 8.55. The highest BCUT2D eigenvalue weighted by molar-refractivity contribution is 7.88. The fourth-order valence-electron chi connectivity index (χ4n) is 2.76. The third-order valence-corrected chi connectivity index (χ3v) is 6.08. The molecular formula is C14H19Cl2NO2S. The summed E-state index contributed by atoms with van der Waals surface area (Å²) in [6.07, 6.45) is 1.08. The van der Waals surface area contributed by atoms with Gasteiger partial charge in [-0.2, -0.15) is 0 Å². The highest BCUT2D eigenvalue weighted by atomic mass is 35.5. The van der Waals surface area contributed by atoms with Crippen LogP contribution in [0, 0.1) is 11.8 Å². The van der Waals surface area contributed by atoms with E-state index in [1.165, 1.54) is 0 Å². The van der Waals surface area contributed by atoms with E-state index in [4.69, 9.17) is 23.2 Å². The van der Waals surface area contributed by atoms with Crippen molar-refractivity contribution in [1.29, 1.82) is 0 Å². The third-order valence-electron chi connectivity index (χ3n) is 3.56. The molecule has 0 aromatic heterocycles. The summed E-state index contributed by atoms with van der Waals surface area (Å²) in [5, 5.41) is 0.827. The van der Waals surface area contributed by atoms with Gasteiger partial charge in [-0.15, -0.1) is 0 Å². The highest BCUT2D eigenvalue weighted by Crippen LogP contribution is 2.27. The van der Waals surface area contributed by atoms with Gasteiger partial charge in [-0.05, 0) is 36.0 Å². The molecule has 1 aromatic rings. The summed E-state index contributed by atoms with van der Waals surface area (Å²) in [5.41, 5.74) is 0.672. The van der Waals surface area contributed by atoms with Gasteiger partial charge < -0.3 is 0 Å². The first kappa shape index (κ1) is 16.1. The Labute approximate surface area is 130 Å². The van der Waals surface area contributed by atoms with Gasteiger partial charge in [-0.1, -0.05) is 43.1 Å². The lowest BCUT2D eigenvalue weighted by Gasteiger charge is -2.34. The van der Waals surface area contributed by atoms with Gasteiger partial charge in [0.1, 0.15) is 0 Å². The molecule has 0 radical (unpaired) electrons. The van der Waals surface area contributed by atoms with Crippen molar-refractivity contribution in [2.75, 3.05) is 13.1 Å². The fraction of sp³-hybridized carbons (Fsp3) is 0.571. The minimum absolute atomic E-state index is 0.0245. The minimum atomic E-state index is -3.30. The Kier molecular flexibility index (Phi) is 5.00. The average molecular weight is 336 g/mol. The van der Waals surface area contributed by atoms with Gasteiger partial charge in [-0.3, -0.25) is 0 Å². The second-order valence-electron chi connectivity index (χ2n) is 5.77. The average Bonchev–Trinajstić information content (AvgIpc) is 2.32. The Balaban J connectivity index is 2.16. The molecule has 0 N–H and O–H groups in total. The lowest BCUT2D eigenvalue weighted by atomic mass is 9.94. The van der Waals surface area contributed by atoms with Gasteiger partial charge in [0.05, 0.1) is 15.8 Å². The predicted octanol–water partition coefficient (Wildman–Crippen LogP) is 3.80. The first-order chi connectivity index (χ1) is 9.28. The first-order valence-electron chi connectivity index (χ1n) is 6.69. The van der Waals surface area contributed by atoms with E-state index in [9.17, 15) is 8.42 Å². The number of sulfonamides is 1. The first-order valence-corrected chi connectivity index (χ1v) is 9.06. The van der Waals surface area contributed by atoms with Gasteiger partial charge in [0.25, 0.3) is 0 Å². The van der Waals surface area contributed by atoms with E-state index in [1.54, 1.807) is 22.5 Å². The summed E-state index contributed by atoms with van der Waals surface area (Å²) in [7, 11) is -3.30. The maximum Gasteiger partial charge on any atom is 0.218 e. The fourth-order valence-corrected chi connectivity index (χ4v) is 4.83. The number of rotatable bonds is 3. The van der Waals surface area contributed by atoms with Gasteiger partial charge in [0.2, 0.25) is 10.0 Å². The maximum atomic E-state index is 12.5. The number of hydrogen-bond donors (Lipinski definition) is 0. The van der Waals surface area contributed by atoms with Gasteiger partial charge in [0.15, 0.2) is 0 Å². The SMILES string of the molecule is CC1CC(C)CN(S(=O)(=O)Cc2ccc(Cl)c(Cl)c2)C1. The molecule has 1 aliphatic rings. The summed E-state index contributed by atoms with van der Waals surface area (Å²) < 4.78 is 26.6. The van der Waals surface area contributed by atoms with Crippen LogP contribution >= 0.6 is 23.2 Å². The normalized spacial score (nSPS) is 24.8. The molecule has 0 spiro atoms. The molecule has 112 valence electrons. The molecule has 0 saturated carbocycles. The van der Waals surface area contributed by atoms with Gasteiger partial charge in [-0.25, -0.2) is 12.7 Å². The molecule has 2 atom stereocenters. The van der Waals surface area contributed by atoms with Crippen molar-refractivity contribution in [1.82, 2.24) is 4.31 Å². The molecule has 1 aromatic carbocycles. The highest BCUT2D eigenvalue weighted by Gasteiger charge is 2.30. The van der Waals surface area contributed by atoms with Crippen molar-refractivity contribution in [2.45, 2.75) is 26.0 Å². The molecule has 6 heteroatoms. The van der Waals surface area contributed by atoms with Crippen molar-refractivity contribution in [3.8, 4) is 0 Å². The molecule has 0 bridgehead atoms. The van der Waals surface area contributed by atoms with Crippen LogP contribution in [0.4, 0.5) is 0 Å². The zero-order chi connectivity index (χ0) is 14.9. The van der Waals surface area contributed by atoms with E-state index >= 15 is 0 Å². The molecule has 1 heterocycles. The Morgan fingerprint density at radius 2 is 1.75 bits per heavy atom. The van der Waals surface area contributed by atoms with Crippen LogP contribution in [0.2, 0.25) is 10.0 Å². The summed E-state index contributed by atoms with van der Waals surface area (Å²) in [6, 6.07) is 4.97. The zero-order valence-electron chi connectivity index (χ0n) is 11.6. The largest absolute Gasteiger partial charge is 0.218 e. The smallest absolute Gasteiger partial charge is 0.212 e. The maximum absolute atomic E-state index is 12.5. The van der Waals surface area contributed by atoms with Crippen LogP contribution in [0.5, 0.6) is 0 Å². The van der Waals surface area contributed by atoms with E-state index in [0.717, 1.165) is 6.42 Å². The minimum Gasteiger partial charge on any atom is -0.212 e. The quantitative estimate of drug-likeness (QED) is 0.842. The molecule has 20 heavy (non-hydrogen) atoms. The summed E-state index contributed by atoms with van der Waals surface area (Å²) in [5.74, 6) is 0.785. The molecule has 1 fully saturated rings. The number of hydrogen-bond acceptors (Lipinski definition) is 2. The lowest BCUT2D eigenvalue weighted by molar-refractivity contribution is 0.222. The van der Waals surface area contributed by atoms with Crippen LogP contribution in [0.15, 0.2) is 18.2 Å². The Hall–Kier alpha value is -0.290. The van der Waals surface area contributed by atoms with Crippen LogP contribution in [0.25, 0.3) is 0 Å². The van der Waals surface area contributed by atoms with Crippen molar-refractivity contribution in [2.24, 2.45) is 11.8 Å². The molecule has 3 nitrogen and oxygen atoms in total. The van der Waals surface area contributed by atoms with Crippen molar-refractivity contribution in [3.63, 3.8) is 0 Å². The number of halogens is 2. The molecule has 2 unspecified atom stereocenters. The summed E-state index contributed by atoms with van der Waals surface area (Å²) in [4.78, 5) is 0. The lowest BCUT2D eigenvalue weighted by Crippen LogP contribution is -2.43. The molecule has 1 aliphatic heterocycles. The standard InChI is InChI=1S/C14H19Cl2NO2S/c1-10-5-11(2)8-17(7-10)20(18,19)9-12-3-4-13(15)14(16)6-12/h3-4,6,10-11H,5,7-9H2,1-2H3. The van der Waals surface area contributed by atoms with E-state index in [2.05, 4.69) is 13.8 Å². The van der Waals surface area contributed by atoms with Crippen LogP contribution in [0.1, 0.15) is 25.8 Å².